The van der Waals surface area contributed by atoms with Crippen molar-refractivity contribution >= 4 is 17.5 Å². The minimum atomic E-state index is -0.105. The Morgan fingerprint density at radius 2 is 1.77 bits per heavy atom. The molecule has 2 aliphatic rings. The molecule has 0 spiro atoms. The second-order valence-electron chi connectivity index (χ2n) is 8.32. The third kappa shape index (κ3) is 5.02. The van der Waals surface area contributed by atoms with Crippen LogP contribution in [0, 0.1) is 5.92 Å². The van der Waals surface area contributed by atoms with Gasteiger partial charge in [0.15, 0.2) is 0 Å². The molecule has 5 nitrogen and oxygen atoms in total. The van der Waals surface area contributed by atoms with Gasteiger partial charge in [-0.15, -0.1) is 0 Å². The predicted octanol–water partition coefficient (Wildman–Crippen LogP) is 3.04. The van der Waals surface area contributed by atoms with E-state index in [4.69, 9.17) is 0 Å². The highest BCUT2D eigenvalue weighted by Crippen LogP contribution is 2.26. The molecule has 0 aliphatic carbocycles. The number of hydrogen-bond donors (Lipinski definition) is 1. The molecule has 0 saturated carbocycles. The average Bonchev–Trinajstić information content (AvgIpc) is 2.79. The molecule has 5 heteroatoms. The maximum Gasteiger partial charge on any atom is 0.224 e. The number of anilines is 1. The zero-order chi connectivity index (χ0) is 20.8. The molecule has 4 rings (SSSR count). The molecule has 0 unspecified atom stereocenters. The minimum Gasteiger partial charge on any atom is -0.370 e. The lowest BCUT2D eigenvalue weighted by molar-refractivity contribution is -0.138. The van der Waals surface area contributed by atoms with Gasteiger partial charge in [0.1, 0.15) is 0 Å². The molecule has 2 aliphatic heterocycles. The fourth-order valence-corrected chi connectivity index (χ4v) is 4.56. The van der Waals surface area contributed by atoms with E-state index >= 15 is 0 Å². The van der Waals surface area contributed by atoms with Gasteiger partial charge in [-0.25, -0.2) is 0 Å². The van der Waals surface area contributed by atoms with Crippen LogP contribution in [-0.4, -0.2) is 49.4 Å². The Kier molecular flexibility index (Phi) is 6.67. The number of carbonyl (C=O) groups is 2. The molecule has 158 valence electrons. The summed E-state index contributed by atoms with van der Waals surface area (Å²) < 4.78 is 0. The Morgan fingerprint density at radius 1 is 0.967 bits per heavy atom. The lowest BCUT2D eigenvalue weighted by atomic mass is 9.96. The molecule has 0 radical (unpaired) electrons. The van der Waals surface area contributed by atoms with Crippen molar-refractivity contribution in [2.75, 3.05) is 37.6 Å². The van der Waals surface area contributed by atoms with E-state index in [1.165, 1.54) is 16.8 Å². The number of carbonyl (C=O) groups excluding carboxylic acids is 2. The summed E-state index contributed by atoms with van der Waals surface area (Å²) >= 11 is 0. The van der Waals surface area contributed by atoms with Crippen LogP contribution in [0.25, 0.3) is 0 Å². The van der Waals surface area contributed by atoms with Crippen LogP contribution in [0.4, 0.5) is 5.69 Å². The first-order chi connectivity index (χ1) is 14.7. The highest BCUT2D eigenvalue weighted by Gasteiger charge is 2.30. The van der Waals surface area contributed by atoms with Crippen molar-refractivity contribution in [2.45, 2.75) is 32.1 Å². The third-order valence-corrected chi connectivity index (χ3v) is 6.27. The number of para-hydroxylation sites is 1. The zero-order valence-corrected chi connectivity index (χ0v) is 17.6. The monoisotopic (exact) mass is 405 g/mol. The van der Waals surface area contributed by atoms with Crippen LogP contribution in [-0.2, 0) is 22.4 Å². The quantitative estimate of drug-likeness (QED) is 0.770. The van der Waals surface area contributed by atoms with Gasteiger partial charge in [-0.1, -0.05) is 48.5 Å². The smallest absolute Gasteiger partial charge is 0.224 e. The first-order valence-electron chi connectivity index (χ1n) is 11.1. The lowest BCUT2D eigenvalue weighted by Gasteiger charge is -2.33. The van der Waals surface area contributed by atoms with Gasteiger partial charge in [-0.2, -0.15) is 0 Å². The van der Waals surface area contributed by atoms with Crippen molar-refractivity contribution in [2.24, 2.45) is 5.92 Å². The van der Waals surface area contributed by atoms with E-state index in [-0.39, 0.29) is 17.7 Å². The molecule has 30 heavy (non-hydrogen) atoms. The van der Waals surface area contributed by atoms with Crippen LogP contribution in [0.3, 0.4) is 0 Å². The number of benzene rings is 2. The first-order valence-corrected chi connectivity index (χ1v) is 11.1. The summed E-state index contributed by atoms with van der Waals surface area (Å²) in [7, 11) is 0. The summed E-state index contributed by atoms with van der Waals surface area (Å²) in [6.45, 7) is 3.72. The molecule has 2 heterocycles. The number of fused-ring (bicyclic) bond motifs is 1. The summed E-state index contributed by atoms with van der Waals surface area (Å²) in [6, 6.07) is 18.7. The van der Waals surface area contributed by atoms with E-state index < -0.39 is 0 Å². The summed E-state index contributed by atoms with van der Waals surface area (Å²) in [5.41, 5.74) is 3.92. The van der Waals surface area contributed by atoms with Crippen LogP contribution in [0.5, 0.6) is 0 Å². The van der Waals surface area contributed by atoms with Crippen molar-refractivity contribution in [3.8, 4) is 0 Å². The van der Waals surface area contributed by atoms with Gasteiger partial charge >= 0.3 is 0 Å². The Hall–Kier alpha value is -2.82. The van der Waals surface area contributed by atoms with Gasteiger partial charge in [0.05, 0.1) is 5.92 Å². The van der Waals surface area contributed by atoms with Crippen LogP contribution >= 0.6 is 0 Å². The Balaban J connectivity index is 1.25. The summed E-state index contributed by atoms with van der Waals surface area (Å²) in [5.74, 6) is 0.143. The number of amides is 2. The number of likely N-dealkylation sites (tertiary alicyclic amines) is 1. The number of piperidine rings is 1. The van der Waals surface area contributed by atoms with Gasteiger partial charge < -0.3 is 15.1 Å². The average molecular weight is 406 g/mol. The molecular weight excluding hydrogens is 374 g/mol. The topological polar surface area (TPSA) is 52.7 Å². The SMILES string of the molecule is O=C(NCCN1CCCc2ccccc21)[C@@H]1CCC(=O)N(CCc2ccccc2)C1. The predicted molar refractivity (Wildman–Crippen MR) is 119 cm³/mol. The third-order valence-electron chi connectivity index (χ3n) is 6.27. The second kappa shape index (κ2) is 9.79. The molecule has 0 bridgehead atoms. The minimum absolute atomic E-state index is 0.0810. The molecule has 1 atom stereocenters. The van der Waals surface area contributed by atoms with Crippen LogP contribution in [0.15, 0.2) is 54.6 Å². The highest BCUT2D eigenvalue weighted by atomic mass is 16.2. The largest absolute Gasteiger partial charge is 0.370 e. The van der Waals surface area contributed by atoms with Gasteiger partial charge in [-0.3, -0.25) is 9.59 Å². The van der Waals surface area contributed by atoms with Crippen molar-refractivity contribution < 1.29 is 9.59 Å². The van der Waals surface area contributed by atoms with E-state index in [0.717, 1.165) is 32.4 Å². The van der Waals surface area contributed by atoms with Crippen LogP contribution in [0.1, 0.15) is 30.4 Å². The number of nitrogens with zero attached hydrogens (tertiary/aromatic N) is 2. The van der Waals surface area contributed by atoms with Crippen molar-refractivity contribution in [1.82, 2.24) is 10.2 Å². The van der Waals surface area contributed by atoms with E-state index in [2.05, 4.69) is 46.6 Å². The fourth-order valence-electron chi connectivity index (χ4n) is 4.56. The normalized spacial score (nSPS) is 18.8. The molecule has 2 aromatic rings. The maximum absolute atomic E-state index is 12.7. The van der Waals surface area contributed by atoms with Crippen LogP contribution in [0.2, 0.25) is 0 Å². The molecule has 1 fully saturated rings. The van der Waals surface area contributed by atoms with Crippen molar-refractivity contribution in [3.05, 3.63) is 65.7 Å². The van der Waals surface area contributed by atoms with E-state index in [9.17, 15) is 9.59 Å². The summed E-state index contributed by atoms with van der Waals surface area (Å²) in [5, 5.41) is 3.12. The number of aryl methyl sites for hydroxylation is 1. The molecule has 1 N–H and O–H groups in total. The molecule has 2 aromatic carbocycles. The summed E-state index contributed by atoms with van der Waals surface area (Å²) in [6.07, 6.45) is 4.24. The molecule has 1 saturated heterocycles. The van der Waals surface area contributed by atoms with E-state index in [1.54, 1.807) is 0 Å². The first kappa shape index (κ1) is 20.5. The Morgan fingerprint density at radius 3 is 2.63 bits per heavy atom. The lowest BCUT2D eigenvalue weighted by Crippen LogP contribution is -2.47. The Bertz CT molecular complexity index is 868. The van der Waals surface area contributed by atoms with Gasteiger partial charge in [0, 0.05) is 44.8 Å². The maximum atomic E-state index is 12.7. The van der Waals surface area contributed by atoms with E-state index in [1.807, 2.05) is 23.1 Å². The second-order valence-corrected chi connectivity index (χ2v) is 8.32. The molecule has 0 aromatic heterocycles. The molecule has 2 amide bonds. The Labute approximate surface area is 179 Å². The number of rotatable bonds is 7. The van der Waals surface area contributed by atoms with Crippen molar-refractivity contribution in [3.63, 3.8) is 0 Å². The van der Waals surface area contributed by atoms with E-state index in [0.29, 0.717) is 32.5 Å². The van der Waals surface area contributed by atoms with Crippen molar-refractivity contribution in [1.29, 1.82) is 0 Å². The van der Waals surface area contributed by atoms with Crippen LogP contribution < -0.4 is 10.2 Å². The van der Waals surface area contributed by atoms with Gasteiger partial charge in [0.25, 0.3) is 0 Å². The number of hydrogen-bond acceptors (Lipinski definition) is 3. The van der Waals surface area contributed by atoms with Gasteiger partial charge in [0.2, 0.25) is 11.8 Å². The zero-order valence-electron chi connectivity index (χ0n) is 17.6. The standard InChI is InChI=1S/C25H31N3O2/c29-24-13-12-22(19-28(24)17-14-20-7-2-1-3-8-20)25(30)26-15-18-27-16-6-10-21-9-4-5-11-23(21)27/h1-5,7-9,11,22H,6,10,12-19H2,(H,26,30)/t22-/m1/s1. The number of nitrogens with one attached hydrogen (secondary N) is 1. The fraction of sp³-hybridized carbons (Fsp3) is 0.440. The molecular formula is C25H31N3O2. The van der Waals surface area contributed by atoms with Gasteiger partial charge in [-0.05, 0) is 42.9 Å². The highest BCUT2D eigenvalue weighted by molar-refractivity contribution is 5.83. The summed E-state index contributed by atoms with van der Waals surface area (Å²) in [4.78, 5) is 29.3.